The van der Waals surface area contributed by atoms with E-state index in [1.807, 2.05) is 0 Å². The standard InChI is InChI=1S/C14H13ClN4OS/c1-7-5-10(8(2)19-18-7)14(20)17-12-6-9(13(16)21)3-4-11(12)15/h3-6H,1-2H3,(H2,16,21)(H,17,20). The summed E-state index contributed by atoms with van der Waals surface area (Å²) in [6.45, 7) is 3.48. The number of aryl methyl sites for hydroxylation is 2. The van der Waals surface area contributed by atoms with Crippen LogP contribution in [0.3, 0.4) is 0 Å². The summed E-state index contributed by atoms with van der Waals surface area (Å²) in [5.74, 6) is -0.313. The molecule has 2 rings (SSSR count). The molecule has 0 aliphatic heterocycles. The van der Waals surface area contributed by atoms with Crippen LogP contribution in [0.5, 0.6) is 0 Å². The Kier molecular flexibility index (Phi) is 4.50. The molecule has 0 aliphatic rings. The SMILES string of the molecule is Cc1cc(C(=O)Nc2cc(C(N)=S)ccc2Cl)c(C)nn1. The topological polar surface area (TPSA) is 80.9 Å². The highest BCUT2D eigenvalue weighted by molar-refractivity contribution is 7.80. The van der Waals surface area contributed by atoms with Gasteiger partial charge in [-0.25, -0.2) is 0 Å². The molecule has 5 nitrogen and oxygen atoms in total. The van der Waals surface area contributed by atoms with Crippen LogP contribution in [-0.4, -0.2) is 21.1 Å². The molecule has 0 saturated carbocycles. The van der Waals surface area contributed by atoms with Crippen molar-refractivity contribution in [2.24, 2.45) is 5.73 Å². The minimum atomic E-state index is -0.313. The van der Waals surface area contributed by atoms with Crippen LogP contribution in [0.25, 0.3) is 0 Å². The molecule has 21 heavy (non-hydrogen) atoms. The van der Waals surface area contributed by atoms with Crippen molar-refractivity contribution in [2.45, 2.75) is 13.8 Å². The number of halogens is 1. The van der Waals surface area contributed by atoms with Gasteiger partial charge in [-0.2, -0.15) is 10.2 Å². The highest BCUT2D eigenvalue weighted by atomic mass is 35.5. The first-order valence-electron chi connectivity index (χ1n) is 6.10. The molecule has 108 valence electrons. The molecular formula is C14H13ClN4OS. The van der Waals surface area contributed by atoms with E-state index >= 15 is 0 Å². The molecule has 0 atom stereocenters. The van der Waals surface area contributed by atoms with Gasteiger partial charge in [0.25, 0.3) is 5.91 Å². The number of aromatic nitrogens is 2. The number of thiocarbonyl (C=S) groups is 1. The molecule has 1 aromatic carbocycles. The van der Waals surface area contributed by atoms with E-state index in [4.69, 9.17) is 29.6 Å². The number of hydrogen-bond acceptors (Lipinski definition) is 4. The van der Waals surface area contributed by atoms with Crippen LogP contribution in [0.2, 0.25) is 5.02 Å². The van der Waals surface area contributed by atoms with Crippen molar-refractivity contribution >= 4 is 40.4 Å². The average Bonchev–Trinajstić information content (AvgIpc) is 2.43. The van der Waals surface area contributed by atoms with E-state index in [0.29, 0.717) is 33.2 Å². The first kappa shape index (κ1) is 15.3. The summed E-state index contributed by atoms with van der Waals surface area (Å²) >= 11 is 11.0. The van der Waals surface area contributed by atoms with Gasteiger partial charge in [0, 0.05) is 5.56 Å². The number of carbonyl (C=O) groups excluding carboxylic acids is 1. The van der Waals surface area contributed by atoms with E-state index in [1.54, 1.807) is 38.1 Å². The van der Waals surface area contributed by atoms with E-state index < -0.39 is 0 Å². The van der Waals surface area contributed by atoms with Crippen LogP contribution in [0.1, 0.15) is 27.3 Å². The molecular weight excluding hydrogens is 308 g/mol. The number of anilines is 1. The maximum absolute atomic E-state index is 12.3. The van der Waals surface area contributed by atoms with Crippen LogP contribution >= 0.6 is 23.8 Å². The predicted molar refractivity (Wildman–Crippen MR) is 86.8 cm³/mol. The van der Waals surface area contributed by atoms with E-state index in [-0.39, 0.29) is 10.9 Å². The van der Waals surface area contributed by atoms with Gasteiger partial charge in [0.2, 0.25) is 0 Å². The molecule has 0 fully saturated rings. The second kappa shape index (κ2) is 6.15. The third-order valence-electron chi connectivity index (χ3n) is 2.84. The molecule has 0 unspecified atom stereocenters. The molecule has 0 aliphatic carbocycles. The molecule has 0 saturated heterocycles. The van der Waals surface area contributed by atoms with E-state index in [1.165, 1.54) is 0 Å². The fourth-order valence-corrected chi connectivity index (χ4v) is 2.04. The smallest absolute Gasteiger partial charge is 0.257 e. The Hall–Kier alpha value is -2.05. The third-order valence-corrected chi connectivity index (χ3v) is 3.41. The van der Waals surface area contributed by atoms with Gasteiger partial charge in [-0.15, -0.1) is 0 Å². The first-order valence-corrected chi connectivity index (χ1v) is 6.88. The maximum atomic E-state index is 12.3. The van der Waals surface area contributed by atoms with E-state index in [9.17, 15) is 4.79 Å². The Labute approximate surface area is 132 Å². The van der Waals surface area contributed by atoms with Gasteiger partial charge in [-0.05, 0) is 32.0 Å². The largest absolute Gasteiger partial charge is 0.389 e. The number of carbonyl (C=O) groups is 1. The lowest BCUT2D eigenvalue weighted by molar-refractivity contribution is 0.102. The Morgan fingerprint density at radius 2 is 2.00 bits per heavy atom. The monoisotopic (exact) mass is 320 g/mol. The maximum Gasteiger partial charge on any atom is 0.257 e. The lowest BCUT2D eigenvalue weighted by Crippen LogP contribution is -2.16. The average molecular weight is 321 g/mol. The summed E-state index contributed by atoms with van der Waals surface area (Å²) in [5, 5.41) is 11.0. The van der Waals surface area contributed by atoms with Crippen LogP contribution in [0.4, 0.5) is 5.69 Å². The Bertz CT molecular complexity index is 733. The number of nitrogens with two attached hydrogens (primary N) is 1. The van der Waals surface area contributed by atoms with Crippen molar-refractivity contribution in [3.63, 3.8) is 0 Å². The summed E-state index contributed by atoms with van der Waals surface area (Å²) in [6.07, 6.45) is 0. The Morgan fingerprint density at radius 1 is 1.29 bits per heavy atom. The first-order chi connectivity index (χ1) is 9.88. The zero-order valence-corrected chi connectivity index (χ0v) is 13.0. The number of nitrogens with one attached hydrogen (secondary N) is 1. The molecule has 7 heteroatoms. The second-order valence-corrected chi connectivity index (χ2v) is 5.34. The minimum absolute atomic E-state index is 0.236. The fourth-order valence-electron chi connectivity index (χ4n) is 1.74. The molecule has 3 N–H and O–H groups in total. The van der Waals surface area contributed by atoms with Crippen LogP contribution in [0, 0.1) is 13.8 Å². The fraction of sp³-hybridized carbons (Fsp3) is 0.143. The molecule has 1 amide bonds. The summed E-state index contributed by atoms with van der Waals surface area (Å²) in [6, 6.07) is 6.64. The predicted octanol–water partition coefficient (Wildman–Crippen LogP) is 2.63. The van der Waals surface area contributed by atoms with Crippen molar-refractivity contribution in [1.82, 2.24) is 10.2 Å². The molecule has 0 bridgehead atoms. The van der Waals surface area contributed by atoms with Crippen LogP contribution in [0.15, 0.2) is 24.3 Å². The lowest BCUT2D eigenvalue weighted by atomic mass is 10.1. The molecule has 1 heterocycles. The second-order valence-electron chi connectivity index (χ2n) is 4.50. The number of rotatable bonds is 3. The van der Waals surface area contributed by atoms with E-state index in [0.717, 1.165) is 0 Å². The van der Waals surface area contributed by atoms with Crippen molar-refractivity contribution < 1.29 is 4.79 Å². The van der Waals surface area contributed by atoms with Gasteiger partial charge in [-0.3, -0.25) is 4.79 Å². The van der Waals surface area contributed by atoms with Crippen molar-refractivity contribution in [3.8, 4) is 0 Å². The number of nitrogens with zero attached hydrogens (tertiary/aromatic N) is 2. The number of hydrogen-bond donors (Lipinski definition) is 2. The molecule has 0 spiro atoms. The van der Waals surface area contributed by atoms with Gasteiger partial charge in [-0.1, -0.05) is 29.9 Å². The summed E-state index contributed by atoms with van der Waals surface area (Å²) in [7, 11) is 0. The molecule has 0 radical (unpaired) electrons. The van der Waals surface area contributed by atoms with Crippen molar-refractivity contribution in [2.75, 3.05) is 5.32 Å². The third kappa shape index (κ3) is 3.53. The number of benzene rings is 1. The normalized spacial score (nSPS) is 10.2. The van der Waals surface area contributed by atoms with Gasteiger partial charge in [0.15, 0.2) is 0 Å². The molecule has 2 aromatic rings. The lowest BCUT2D eigenvalue weighted by Gasteiger charge is -2.10. The highest BCUT2D eigenvalue weighted by Gasteiger charge is 2.13. The van der Waals surface area contributed by atoms with Gasteiger partial charge in [0.1, 0.15) is 4.99 Å². The zero-order chi connectivity index (χ0) is 15.6. The zero-order valence-electron chi connectivity index (χ0n) is 11.5. The van der Waals surface area contributed by atoms with Crippen molar-refractivity contribution in [3.05, 3.63) is 51.8 Å². The summed E-state index contributed by atoms with van der Waals surface area (Å²) in [4.78, 5) is 12.6. The molecule has 1 aromatic heterocycles. The van der Waals surface area contributed by atoms with Gasteiger partial charge in [0.05, 0.1) is 27.7 Å². The Balaban J connectivity index is 2.33. The van der Waals surface area contributed by atoms with E-state index in [2.05, 4.69) is 15.5 Å². The van der Waals surface area contributed by atoms with Gasteiger partial charge >= 0.3 is 0 Å². The summed E-state index contributed by atoms with van der Waals surface area (Å²) < 4.78 is 0. The van der Waals surface area contributed by atoms with Crippen LogP contribution < -0.4 is 11.1 Å². The summed E-state index contributed by atoms with van der Waals surface area (Å²) in [5.41, 5.74) is 8.30. The Morgan fingerprint density at radius 3 is 2.67 bits per heavy atom. The van der Waals surface area contributed by atoms with Gasteiger partial charge < -0.3 is 11.1 Å². The quantitative estimate of drug-likeness (QED) is 0.850. The highest BCUT2D eigenvalue weighted by Crippen LogP contribution is 2.24. The minimum Gasteiger partial charge on any atom is -0.389 e. The van der Waals surface area contributed by atoms with Crippen molar-refractivity contribution in [1.29, 1.82) is 0 Å². The number of amides is 1. The van der Waals surface area contributed by atoms with Crippen LogP contribution in [-0.2, 0) is 0 Å².